The number of hydrogen-bond donors (Lipinski definition) is 1. The maximum atomic E-state index is 13.1. The highest BCUT2D eigenvalue weighted by Crippen LogP contribution is 2.42. The molecular formula is C25H29NO7. The van der Waals surface area contributed by atoms with E-state index in [1.165, 1.54) is 6.42 Å². The Morgan fingerprint density at radius 2 is 1.79 bits per heavy atom. The van der Waals surface area contributed by atoms with Gasteiger partial charge in [0.15, 0.2) is 5.75 Å². The van der Waals surface area contributed by atoms with Crippen molar-refractivity contribution in [2.75, 3.05) is 19.8 Å². The van der Waals surface area contributed by atoms with Crippen molar-refractivity contribution in [1.29, 1.82) is 0 Å². The van der Waals surface area contributed by atoms with Crippen molar-refractivity contribution in [2.24, 2.45) is 5.92 Å². The second-order valence-electron chi connectivity index (χ2n) is 8.26. The molecule has 33 heavy (non-hydrogen) atoms. The number of para-hydroxylation sites is 1. The average Bonchev–Trinajstić information content (AvgIpc) is 2.82. The van der Waals surface area contributed by atoms with Crippen LogP contribution in [-0.2, 0) is 19.1 Å². The molecule has 1 aliphatic heterocycles. The van der Waals surface area contributed by atoms with Gasteiger partial charge in [0, 0.05) is 6.54 Å². The number of carbonyl (C=O) groups is 2. The third-order valence-electron chi connectivity index (χ3n) is 6.12. The van der Waals surface area contributed by atoms with Gasteiger partial charge in [0.1, 0.15) is 22.6 Å². The number of nitrogens with one attached hydrogen (secondary N) is 1. The summed E-state index contributed by atoms with van der Waals surface area (Å²) in [6.45, 7) is 4.12. The van der Waals surface area contributed by atoms with Gasteiger partial charge in [-0.3, -0.25) is 4.79 Å². The first-order chi connectivity index (χ1) is 16.0. The number of ether oxygens (including phenoxy) is 3. The van der Waals surface area contributed by atoms with Crippen LogP contribution in [0.15, 0.2) is 44.9 Å². The molecule has 1 aromatic carbocycles. The predicted molar refractivity (Wildman–Crippen MR) is 121 cm³/mol. The molecule has 0 saturated heterocycles. The number of hydrogen-bond acceptors (Lipinski definition) is 8. The highest BCUT2D eigenvalue weighted by molar-refractivity contribution is 6.01. The lowest BCUT2D eigenvalue weighted by Gasteiger charge is -2.30. The molecule has 1 saturated carbocycles. The first-order valence-electron chi connectivity index (χ1n) is 11.6. The SMILES string of the molecule is CCOC(=O)C1=C(NCC2CCCCC2)Oc2c(c(=O)oc3ccccc23)C1C(=O)OCC. The van der Waals surface area contributed by atoms with E-state index in [0.29, 0.717) is 23.4 Å². The van der Waals surface area contributed by atoms with Crippen molar-refractivity contribution < 1.29 is 28.2 Å². The molecule has 4 rings (SSSR count). The number of rotatable bonds is 7. The first kappa shape index (κ1) is 22.9. The van der Waals surface area contributed by atoms with Crippen molar-refractivity contribution >= 4 is 22.9 Å². The lowest BCUT2D eigenvalue weighted by Crippen LogP contribution is -2.38. The molecular weight excluding hydrogens is 426 g/mol. The molecule has 1 atom stereocenters. The molecule has 1 N–H and O–H groups in total. The molecule has 0 radical (unpaired) electrons. The molecule has 1 unspecified atom stereocenters. The van der Waals surface area contributed by atoms with Crippen molar-refractivity contribution in [3.05, 3.63) is 51.7 Å². The summed E-state index contributed by atoms with van der Waals surface area (Å²) in [7, 11) is 0. The summed E-state index contributed by atoms with van der Waals surface area (Å²) >= 11 is 0. The minimum Gasteiger partial charge on any atom is -0.465 e. The van der Waals surface area contributed by atoms with Crippen LogP contribution in [0.3, 0.4) is 0 Å². The maximum absolute atomic E-state index is 13.1. The van der Waals surface area contributed by atoms with Gasteiger partial charge in [-0.25, -0.2) is 9.59 Å². The van der Waals surface area contributed by atoms with E-state index >= 15 is 0 Å². The van der Waals surface area contributed by atoms with Crippen LogP contribution in [0.2, 0.25) is 0 Å². The molecule has 1 fully saturated rings. The van der Waals surface area contributed by atoms with Crippen LogP contribution in [0.5, 0.6) is 5.75 Å². The van der Waals surface area contributed by atoms with E-state index in [0.717, 1.165) is 25.7 Å². The zero-order chi connectivity index (χ0) is 23.4. The number of carbonyl (C=O) groups excluding carboxylic acids is 2. The molecule has 0 bridgehead atoms. The second kappa shape index (κ2) is 10.1. The van der Waals surface area contributed by atoms with Crippen molar-refractivity contribution in [1.82, 2.24) is 5.32 Å². The fraction of sp³-hybridized carbons (Fsp3) is 0.480. The Kier molecular flexibility index (Phi) is 7.01. The van der Waals surface area contributed by atoms with Gasteiger partial charge in [0.25, 0.3) is 0 Å². The fourth-order valence-electron chi connectivity index (χ4n) is 4.57. The van der Waals surface area contributed by atoms with Crippen LogP contribution in [0.25, 0.3) is 11.0 Å². The van der Waals surface area contributed by atoms with Crippen LogP contribution >= 0.6 is 0 Å². The Morgan fingerprint density at radius 1 is 1.06 bits per heavy atom. The van der Waals surface area contributed by atoms with Crippen molar-refractivity contribution in [3.8, 4) is 5.75 Å². The van der Waals surface area contributed by atoms with Crippen LogP contribution in [0.4, 0.5) is 0 Å². The van der Waals surface area contributed by atoms with Gasteiger partial charge in [-0.1, -0.05) is 31.4 Å². The lowest BCUT2D eigenvalue weighted by atomic mass is 9.87. The predicted octanol–water partition coefficient (Wildman–Crippen LogP) is 3.78. The largest absolute Gasteiger partial charge is 0.465 e. The Labute approximate surface area is 191 Å². The van der Waals surface area contributed by atoms with Crippen LogP contribution in [0.1, 0.15) is 57.4 Å². The highest BCUT2D eigenvalue weighted by atomic mass is 16.5. The van der Waals surface area contributed by atoms with Gasteiger partial charge in [0.05, 0.1) is 18.6 Å². The van der Waals surface area contributed by atoms with E-state index in [-0.39, 0.29) is 36.0 Å². The fourth-order valence-corrected chi connectivity index (χ4v) is 4.57. The number of benzene rings is 1. The summed E-state index contributed by atoms with van der Waals surface area (Å²) < 4.78 is 22.1. The minimum atomic E-state index is -1.32. The first-order valence-corrected chi connectivity index (χ1v) is 11.6. The molecule has 176 valence electrons. The molecule has 8 heteroatoms. The zero-order valence-electron chi connectivity index (χ0n) is 19.0. The Morgan fingerprint density at radius 3 is 2.52 bits per heavy atom. The molecule has 2 heterocycles. The molecule has 0 spiro atoms. The van der Waals surface area contributed by atoms with Gasteiger partial charge in [-0.2, -0.15) is 0 Å². The third-order valence-corrected chi connectivity index (χ3v) is 6.12. The number of esters is 2. The summed E-state index contributed by atoms with van der Waals surface area (Å²) in [5.74, 6) is -2.04. The monoisotopic (exact) mass is 455 g/mol. The third kappa shape index (κ3) is 4.60. The van der Waals surface area contributed by atoms with Gasteiger partial charge >= 0.3 is 17.6 Å². The van der Waals surface area contributed by atoms with Crippen LogP contribution < -0.4 is 15.7 Å². The van der Waals surface area contributed by atoms with E-state index in [2.05, 4.69) is 5.32 Å². The van der Waals surface area contributed by atoms with Crippen molar-refractivity contribution in [2.45, 2.75) is 51.9 Å². The normalized spacial score (nSPS) is 18.4. The summed E-state index contributed by atoms with van der Waals surface area (Å²) in [5, 5.41) is 3.78. The average molecular weight is 456 g/mol. The van der Waals surface area contributed by atoms with E-state index in [1.54, 1.807) is 38.1 Å². The minimum absolute atomic E-state index is 0.0570. The van der Waals surface area contributed by atoms with Gasteiger partial charge < -0.3 is 23.9 Å². The maximum Gasteiger partial charge on any atom is 0.344 e. The van der Waals surface area contributed by atoms with Gasteiger partial charge in [-0.15, -0.1) is 0 Å². The van der Waals surface area contributed by atoms with E-state index in [9.17, 15) is 14.4 Å². The zero-order valence-corrected chi connectivity index (χ0v) is 19.0. The molecule has 8 nitrogen and oxygen atoms in total. The smallest absolute Gasteiger partial charge is 0.344 e. The van der Waals surface area contributed by atoms with Crippen molar-refractivity contribution in [3.63, 3.8) is 0 Å². The number of fused-ring (bicyclic) bond motifs is 3. The summed E-state index contributed by atoms with van der Waals surface area (Å²) in [6.07, 6.45) is 5.72. The standard InChI is InChI=1S/C25H29NO7/c1-3-30-23(27)18-19-21(16-12-8-9-13-17(16)32-25(19)29)33-22(20(18)24(28)31-4-2)26-14-15-10-6-5-7-11-15/h8-9,12-13,15,18,26H,3-7,10-11,14H2,1-2H3. The Balaban J connectivity index is 1.85. The van der Waals surface area contributed by atoms with E-state index in [4.69, 9.17) is 18.6 Å². The summed E-state index contributed by atoms with van der Waals surface area (Å²) in [4.78, 5) is 39.1. The topological polar surface area (TPSA) is 104 Å². The van der Waals surface area contributed by atoms with Gasteiger partial charge in [0.2, 0.25) is 5.88 Å². The van der Waals surface area contributed by atoms with E-state index in [1.807, 2.05) is 0 Å². The quantitative estimate of drug-likeness (QED) is 0.497. The summed E-state index contributed by atoms with van der Waals surface area (Å²) in [5.41, 5.74) is -0.551. The summed E-state index contributed by atoms with van der Waals surface area (Å²) in [6, 6.07) is 6.92. The van der Waals surface area contributed by atoms with Crippen LogP contribution in [-0.4, -0.2) is 31.7 Å². The molecule has 0 amide bonds. The van der Waals surface area contributed by atoms with E-state index < -0.39 is 23.5 Å². The molecule has 1 aliphatic carbocycles. The Hall–Kier alpha value is -3.29. The molecule has 2 aromatic rings. The molecule has 2 aliphatic rings. The second-order valence-corrected chi connectivity index (χ2v) is 8.26. The van der Waals surface area contributed by atoms with Crippen LogP contribution in [0, 0.1) is 5.92 Å². The van der Waals surface area contributed by atoms with Gasteiger partial charge in [-0.05, 0) is 44.7 Å². The molecule has 1 aromatic heterocycles. The lowest BCUT2D eigenvalue weighted by molar-refractivity contribution is -0.148. The highest BCUT2D eigenvalue weighted by Gasteiger charge is 2.44. The Bertz CT molecular complexity index is 1130.